The van der Waals surface area contributed by atoms with Gasteiger partial charge in [0.2, 0.25) is 0 Å². The van der Waals surface area contributed by atoms with E-state index in [1.807, 2.05) is 6.92 Å². The van der Waals surface area contributed by atoms with Gasteiger partial charge in [0, 0.05) is 0 Å². The molecule has 0 aliphatic heterocycles. The van der Waals surface area contributed by atoms with Crippen LogP contribution in [0, 0.1) is 21.8 Å². The Kier molecular flexibility index (Phi) is 231. The summed E-state index contributed by atoms with van der Waals surface area (Å²) in [6.07, 6.45) is 1.00. The number of rotatable bonds is 0. The second-order valence-electron chi connectivity index (χ2n) is 0.500. The van der Waals surface area contributed by atoms with Crippen LogP contribution in [0.1, 0.15) is 13.3 Å². The molecule has 0 N–H and O–H groups in total. The molecule has 0 rings (SSSR count). The summed E-state index contributed by atoms with van der Waals surface area (Å²) >= 11 is 0. The molecule has 0 fully saturated rings. The fraction of sp³-hybridized carbons (Fsp3) is 0.400. The van der Waals surface area contributed by atoms with Crippen LogP contribution >= 0.6 is 0 Å². The van der Waals surface area contributed by atoms with E-state index < -0.39 is 0 Å². The van der Waals surface area contributed by atoms with Crippen LogP contribution in [0.5, 0.6) is 0 Å². The Morgan fingerprint density at radius 2 is 1.33 bits per heavy atom. The standard InChI is InChI=1S/C3H7.2CH3.Ru/c1-3-2;;;/h1,3H2,2H3;2*1H3;/q3*-1;+3. The molecule has 0 amide bonds. The van der Waals surface area contributed by atoms with Gasteiger partial charge in [-0.1, -0.05) is 6.92 Å². The minimum atomic E-state index is 0. The molecule has 0 heterocycles. The smallest absolute Gasteiger partial charge is 0.358 e. The van der Waals surface area contributed by atoms with Gasteiger partial charge in [-0.25, -0.2) is 0 Å². The maximum Gasteiger partial charge on any atom is 3.00 e. The van der Waals surface area contributed by atoms with E-state index in [1.165, 1.54) is 0 Å². The second kappa shape index (κ2) is 45.6. The van der Waals surface area contributed by atoms with E-state index >= 15 is 0 Å². The van der Waals surface area contributed by atoms with Crippen molar-refractivity contribution in [3.63, 3.8) is 0 Å². The van der Waals surface area contributed by atoms with Gasteiger partial charge in [0.15, 0.2) is 0 Å². The zero-order valence-corrected chi connectivity index (χ0v) is 6.51. The van der Waals surface area contributed by atoms with Crippen molar-refractivity contribution < 1.29 is 19.5 Å². The summed E-state index contributed by atoms with van der Waals surface area (Å²) in [6, 6.07) is 0. The van der Waals surface area contributed by atoms with Crippen LogP contribution in [0.25, 0.3) is 0 Å². The summed E-state index contributed by atoms with van der Waals surface area (Å²) in [6.45, 7) is 5.50. The van der Waals surface area contributed by atoms with Crippen LogP contribution < -0.4 is 0 Å². The van der Waals surface area contributed by atoms with Crippen molar-refractivity contribution >= 4 is 0 Å². The first-order valence-corrected chi connectivity index (χ1v) is 1.21. The summed E-state index contributed by atoms with van der Waals surface area (Å²) < 4.78 is 0. The van der Waals surface area contributed by atoms with E-state index in [4.69, 9.17) is 0 Å². The van der Waals surface area contributed by atoms with Gasteiger partial charge in [0.25, 0.3) is 0 Å². The zero-order valence-electron chi connectivity index (χ0n) is 4.77. The summed E-state index contributed by atoms with van der Waals surface area (Å²) in [5, 5.41) is 0. The van der Waals surface area contributed by atoms with Gasteiger partial charge in [-0.3, -0.25) is 0 Å². The molecule has 1 radical (unpaired) electrons. The monoisotopic (exact) mass is 175 g/mol. The molecule has 0 aromatic carbocycles. The van der Waals surface area contributed by atoms with Crippen LogP contribution in [0.15, 0.2) is 0 Å². The van der Waals surface area contributed by atoms with Gasteiger partial charge >= 0.3 is 19.5 Å². The van der Waals surface area contributed by atoms with E-state index in [1.54, 1.807) is 0 Å². The molecule has 6 heavy (non-hydrogen) atoms. The third-order valence-corrected chi connectivity index (χ3v) is 0. The van der Waals surface area contributed by atoms with Crippen LogP contribution in [-0.4, -0.2) is 0 Å². The van der Waals surface area contributed by atoms with Crippen molar-refractivity contribution in [2.45, 2.75) is 13.3 Å². The molecular weight excluding hydrogens is 161 g/mol. The molecule has 0 saturated carbocycles. The van der Waals surface area contributed by atoms with Crippen molar-refractivity contribution in [3.8, 4) is 0 Å². The maximum absolute atomic E-state index is 3.49. The minimum absolute atomic E-state index is 0. The summed E-state index contributed by atoms with van der Waals surface area (Å²) in [5.74, 6) is 0. The largest absolute Gasteiger partial charge is 3.00 e. The topological polar surface area (TPSA) is 0 Å². The van der Waals surface area contributed by atoms with E-state index in [9.17, 15) is 0 Å². The number of hydrogen-bond donors (Lipinski definition) is 0. The Morgan fingerprint density at radius 1 is 1.33 bits per heavy atom. The molecule has 0 saturated heterocycles. The summed E-state index contributed by atoms with van der Waals surface area (Å²) in [5.41, 5.74) is 0. The van der Waals surface area contributed by atoms with Gasteiger partial charge in [-0.2, -0.15) is 6.42 Å². The van der Waals surface area contributed by atoms with E-state index in [0.717, 1.165) is 6.42 Å². The molecule has 0 bridgehead atoms. The SMILES string of the molecule is [CH2-]CC.[CH3-].[CH3-].[Ru+3]. The van der Waals surface area contributed by atoms with Crippen molar-refractivity contribution in [1.29, 1.82) is 0 Å². The quantitative estimate of drug-likeness (QED) is 0.390. The normalized spacial score (nSPS) is 3.00. The van der Waals surface area contributed by atoms with Gasteiger partial charge in [-0.15, -0.1) is 0 Å². The fourth-order valence-electron chi connectivity index (χ4n) is 0. The Balaban J connectivity index is -0.00000000667. The van der Waals surface area contributed by atoms with Crippen molar-refractivity contribution in [3.05, 3.63) is 21.8 Å². The minimum Gasteiger partial charge on any atom is -0.358 e. The van der Waals surface area contributed by atoms with Gasteiger partial charge in [0.05, 0.1) is 0 Å². The molecule has 0 aromatic heterocycles. The third kappa shape index (κ3) is 156. The van der Waals surface area contributed by atoms with Crippen molar-refractivity contribution in [2.24, 2.45) is 0 Å². The fourth-order valence-corrected chi connectivity index (χ4v) is 0. The van der Waals surface area contributed by atoms with E-state index in [-0.39, 0.29) is 34.3 Å². The Labute approximate surface area is 55.1 Å². The van der Waals surface area contributed by atoms with Crippen LogP contribution in [0.3, 0.4) is 0 Å². The average Bonchev–Trinajstić information content (AvgIpc) is 0.918. The van der Waals surface area contributed by atoms with Gasteiger partial charge in [-0.05, 0) is 0 Å². The predicted octanol–water partition coefficient (Wildman–Crippen LogP) is 2.13. The molecule has 1 heteroatoms. The first kappa shape index (κ1) is 30.4. The first-order chi connectivity index (χ1) is 1.41. The average molecular weight is 174 g/mol. The molecular formula is C5H13Ru. The third-order valence-electron chi connectivity index (χ3n) is 0. The summed E-state index contributed by atoms with van der Waals surface area (Å²) in [7, 11) is 0. The molecule has 0 nitrogen and oxygen atoms in total. The maximum atomic E-state index is 3.49. The molecule has 0 aromatic rings. The van der Waals surface area contributed by atoms with E-state index in [0.29, 0.717) is 0 Å². The van der Waals surface area contributed by atoms with E-state index in [2.05, 4.69) is 6.92 Å². The van der Waals surface area contributed by atoms with Crippen molar-refractivity contribution in [2.75, 3.05) is 0 Å². The predicted molar refractivity (Wildman–Crippen MR) is 28.5 cm³/mol. The second-order valence-corrected chi connectivity index (χ2v) is 0.500. The van der Waals surface area contributed by atoms with Gasteiger partial charge < -0.3 is 21.8 Å². The zero-order chi connectivity index (χ0) is 2.71. The Hall–Kier alpha value is 0.623. The Bertz CT molecular complexity index is 3.90. The molecule has 0 atom stereocenters. The molecule has 0 spiro atoms. The van der Waals surface area contributed by atoms with Crippen molar-refractivity contribution in [1.82, 2.24) is 0 Å². The molecule has 0 unspecified atom stereocenters. The van der Waals surface area contributed by atoms with Crippen LogP contribution in [0.2, 0.25) is 0 Å². The van der Waals surface area contributed by atoms with Gasteiger partial charge in [0.1, 0.15) is 0 Å². The molecule has 41 valence electrons. The molecule has 0 aliphatic rings. The summed E-state index contributed by atoms with van der Waals surface area (Å²) in [4.78, 5) is 0. The Morgan fingerprint density at radius 3 is 1.33 bits per heavy atom. The molecule has 0 aliphatic carbocycles. The van der Waals surface area contributed by atoms with Crippen LogP contribution in [-0.2, 0) is 19.5 Å². The number of hydrogen-bond acceptors (Lipinski definition) is 0. The first-order valence-electron chi connectivity index (χ1n) is 1.21. The van der Waals surface area contributed by atoms with Crippen LogP contribution in [0.4, 0.5) is 0 Å².